The van der Waals surface area contributed by atoms with Gasteiger partial charge in [0, 0.05) is 60.2 Å². The molecule has 12 heteroatoms. The number of nitrogens with one attached hydrogen (secondary N) is 1. The van der Waals surface area contributed by atoms with Crippen molar-refractivity contribution < 1.29 is 23.7 Å². The molecule has 0 saturated heterocycles. The number of aryl methyl sites for hydroxylation is 1. The van der Waals surface area contributed by atoms with Crippen LogP contribution in [0.4, 0.5) is 0 Å². The average Bonchev–Trinajstić information content (AvgIpc) is 3.25. The third-order valence-electron chi connectivity index (χ3n) is 9.96. The van der Waals surface area contributed by atoms with Gasteiger partial charge in [-0.1, -0.05) is 59.6 Å². The van der Waals surface area contributed by atoms with Gasteiger partial charge in [-0.05, 0) is 97.8 Å². The van der Waals surface area contributed by atoms with Gasteiger partial charge >= 0.3 is 0 Å². The summed E-state index contributed by atoms with van der Waals surface area (Å²) < 4.78 is 25.0. The SMILES string of the molecule is Cc1cc(Cl)c(OCc2cccc(-c3cccc(COc4cc(OCc5cncc(C#N)c5)c(CNC(C)(C)C=O)cc4Cl)c3C)c2C)cc1OCc1cncc(C#N)c1. The molecule has 1 N–H and O–H groups in total. The highest BCUT2D eigenvalue weighted by atomic mass is 35.5. The molecule has 6 rings (SSSR count). The highest BCUT2D eigenvalue weighted by Gasteiger charge is 2.19. The van der Waals surface area contributed by atoms with Crippen LogP contribution in [-0.4, -0.2) is 21.8 Å². The molecular weight excluding hydrogens is 797 g/mol. The Hall–Kier alpha value is -6.43. The summed E-state index contributed by atoms with van der Waals surface area (Å²) in [5, 5.41) is 22.6. The standard InChI is InChI=1S/C48H43Cl2N5O5/c1-30-12-42(49)46(16-44(30)57-25-35-13-33(18-51)20-53-22-35)59-27-37-8-6-10-40(31(37)2)41-11-7-9-38(32(41)3)28-60-47-17-45(58-26-36-14-34(19-52)21-54-23-36)39(15-43(47)50)24-55-48(4,5)29-56/h6-17,20-23,29,55H,24-28H2,1-5H3. The van der Waals surface area contributed by atoms with Gasteiger partial charge in [0.25, 0.3) is 0 Å². The Morgan fingerprint density at radius 3 is 1.63 bits per heavy atom. The van der Waals surface area contributed by atoms with Crippen LogP contribution in [0.5, 0.6) is 23.0 Å². The minimum absolute atomic E-state index is 0.157. The lowest BCUT2D eigenvalue weighted by molar-refractivity contribution is -0.112. The van der Waals surface area contributed by atoms with Crippen LogP contribution in [-0.2, 0) is 37.8 Å². The summed E-state index contributed by atoms with van der Waals surface area (Å²) in [6.07, 6.45) is 7.17. The maximum Gasteiger partial charge on any atom is 0.142 e. The molecule has 4 aromatic carbocycles. The van der Waals surface area contributed by atoms with Crippen molar-refractivity contribution in [1.82, 2.24) is 15.3 Å². The first-order chi connectivity index (χ1) is 28.9. The molecule has 2 heterocycles. The summed E-state index contributed by atoms with van der Waals surface area (Å²) in [6.45, 7) is 10.9. The number of hydrogen-bond acceptors (Lipinski definition) is 10. The summed E-state index contributed by atoms with van der Waals surface area (Å²) in [5.74, 6) is 2.06. The summed E-state index contributed by atoms with van der Waals surface area (Å²) >= 11 is 13.4. The van der Waals surface area contributed by atoms with Crippen molar-refractivity contribution in [2.24, 2.45) is 0 Å². The number of halogens is 2. The summed E-state index contributed by atoms with van der Waals surface area (Å²) in [6, 6.07) is 27.1. The molecular formula is C48H43Cl2N5O5. The first-order valence-corrected chi connectivity index (χ1v) is 19.8. The summed E-state index contributed by atoms with van der Waals surface area (Å²) in [4.78, 5) is 19.9. The fourth-order valence-corrected chi connectivity index (χ4v) is 6.89. The van der Waals surface area contributed by atoms with E-state index in [2.05, 4.69) is 53.4 Å². The monoisotopic (exact) mass is 839 g/mol. The molecule has 0 unspecified atom stereocenters. The predicted molar refractivity (Wildman–Crippen MR) is 231 cm³/mol. The number of carbonyl (C=O) groups excluding carboxylic acids is 1. The molecule has 0 amide bonds. The van der Waals surface area contributed by atoms with Gasteiger partial charge in [0.1, 0.15) is 67.9 Å². The zero-order valence-electron chi connectivity index (χ0n) is 33.9. The van der Waals surface area contributed by atoms with E-state index in [1.54, 1.807) is 56.6 Å². The Bertz CT molecular complexity index is 2620. The van der Waals surface area contributed by atoms with Gasteiger partial charge < -0.3 is 29.1 Å². The number of aldehydes is 1. The number of aromatic nitrogens is 2. The molecule has 304 valence electrons. The van der Waals surface area contributed by atoms with Crippen LogP contribution in [0.3, 0.4) is 0 Å². The van der Waals surface area contributed by atoms with Crippen LogP contribution < -0.4 is 24.3 Å². The number of nitrogens with zero attached hydrogens (tertiary/aromatic N) is 4. The molecule has 2 aromatic heterocycles. The second kappa shape index (κ2) is 19.5. The Morgan fingerprint density at radius 2 is 1.12 bits per heavy atom. The van der Waals surface area contributed by atoms with Crippen molar-refractivity contribution in [2.45, 2.75) is 73.1 Å². The molecule has 0 atom stereocenters. The van der Waals surface area contributed by atoms with E-state index in [1.807, 2.05) is 37.3 Å². The molecule has 60 heavy (non-hydrogen) atoms. The number of hydrogen-bond donors (Lipinski definition) is 1. The Kier molecular flexibility index (Phi) is 14.1. The van der Waals surface area contributed by atoms with E-state index in [0.717, 1.165) is 61.9 Å². The number of benzene rings is 4. The molecule has 0 fully saturated rings. The summed E-state index contributed by atoms with van der Waals surface area (Å²) in [7, 11) is 0. The van der Waals surface area contributed by atoms with E-state index in [4.69, 9.17) is 42.1 Å². The van der Waals surface area contributed by atoms with Gasteiger partial charge in [-0.25, -0.2) is 0 Å². The minimum atomic E-state index is -0.765. The van der Waals surface area contributed by atoms with Gasteiger partial charge in [-0.15, -0.1) is 0 Å². The highest BCUT2D eigenvalue weighted by molar-refractivity contribution is 6.32. The van der Waals surface area contributed by atoms with Gasteiger partial charge in [-0.2, -0.15) is 10.5 Å². The molecule has 0 bridgehead atoms. The quantitative estimate of drug-likeness (QED) is 0.0883. The molecule has 10 nitrogen and oxygen atoms in total. The highest BCUT2D eigenvalue weighted by Crippen LogP contribution is 2.37. The lowest BCUT2D eigenvalue weighted by Crippen LogP contribution is -2.40. The first-order valence-electron chi connectivity index (χ1n) is 19.1. The zero-order valence-corrected chi connectivity index (χ0v) is 35.4. The second-order valence-electron chi connectivity index (χ2n) is 14.9. The van der Waals surface area contributed by atoms with Gasteiger partial charge in [-0.3, -0.25) is 9.97 Å². The van der Waals surface area contributed by atoms with Gasteiger partial charge in [0.05, 0.1) is 26.7 Å². The van der Waals surface area contributed by atoms with Crippen LogP contribution in [0.15, 0.2) is 97.6 Å². The van der Waals surface area contributed by atoms with E-state index >= 15 is 0 Å². The maximum atomic E-state index is 11.6. The van der Waals surface area contributed by atoms with E-state index in [9.17, 15) is 15.3 Å². The summed E-state index contributed by atoms with van der Waals surface area (Å²) in [5.41, 5.74) is 9.41. The normalized spacial score (nSPS) is 11.0. The van der Waals surface area contributed by atoms with Crippen LogP contribution in [0, 0.1) is 43.4 Å². The largest absolute Gasteiger partial charge is 0.488 e. The fraction of sp³-hybridized carbons (Fsp3) is 0.229. The second-order valence-corrected chi connectivity index (χ2v) is 15.7. The number of pyridine rings is 2. The number of rotatable bonds is 17. The third kappa shape index (κ3) is 10.8. The van der Waals surface area contributed by atoms with E-state index in [-0.39, 0.29) is 26.4 Å². The third-order valence-corrected chi connectivity index (χ3v) is 10.5. The van der Waals surface area contributed by atoms with Crippen molar-refractivity contribution in [3.05, 3.63) is 163 Å². The molecule has 0 aliphatic carbocycles. The molecule has 0 aliphatic rings. The Morgan fingerprint density at radius 1 is 0.633 bits per heavy atom. The maximum absolute atomic E-state index is 11.6. The lowest BCUT2D eigenvalue weighted by Gasteiger charge is -2.21. The molecule has 0 radical (unpaired) electrons. The van der Waals surface area contributed by atoms with E-state index in [0.29, 0.717) is 50.7 Å². The average molecular weight is 841 g/mol. The van der Waals surface area contributed by atoms with Crippen LogP contribution >= 0.6 is 23.2 Å². The van der Waals surface area contributed by atoms with Crippen LogP contribution in [0.25, 0.3) is 11.1 Å². The van der Waals surface area contributed by atoms with E-state index in [1.165, 1.54) is 12.4 Å². The van der Waals surface area contributed by atoms with Gasteiger partial charge in [0.15, 0.2) is 0 Å². The van der Waals surface area contributed by atoms with Crippen LogP contribution in [0.2, 0.25) is 10.0 Å². The van der Waals surface area contributed by atoms with Crippen molar-refractivity contribution in [3.63, 3.8) is 0 Å². The molecule has 0 spiro atoms. The number of ether oxygens (including phenoxy) is 4. The van der Waals surface area contributed by atoms with Crippen molar-refractivity contribution >= 4 is 29.5 Å². The van der Waals surface area contributed by atoms with Crippen molar-refractivity contribution in [3.8, 4) is 46.3 Å². The van der Waals surface area contributed by atoms with Crippen molar-refractivity contribution in [1.29, 1.82) is 10.5 Å². The van der Waals surface area contributed by atoms with E-state index < -0.39 is 5.54 Å². The number of nitriles is 2. The zero-order chi connectivity index (χ0) is 42.8. The van der Waals surface area contributed by atoms with Crippen LogP contribution in [0.1, 0.15) is 69.5 Å². The fourth-order valence-electron chi connectivity index (χ4n) is 6.38. The smallest absolute Gasteiger partial charge is 0.142 e. The first kappa shape index (κ1) is 43.2. The Labute approximate surface area is 360 Å². The minimum Gasteiger partial charge on any atom is -0.488 e. The topological polar surface area (TPSA) is 139 Å². The lowest BCUT2D eigenvalue weighted by atomic mass is 9.92. The number of carbonyl (C=O) groups is 1. The van der Waals surface area contributed by atoms with Gasteiger partial charge in [0.2, 0.25) is 0 Å². The molecule has 0 saturated carbocycles. The van der Waals surface area contributed by atoms with Crippen molar-refractivity contribution in [2.75, 3.05) is 0 Å². The predicted octanol–water partition coefficient (Wildman–Crippen LogP) is 10.5. The Balaban J connectivity index is 1.18. The molecule has 0 aliphatic heterocycles. The molecule has 6 aromatic rings.